The first kappa shape index (κ1) is 12.0. The summed E-state index contributed by atoms with van der Waals surface area (Å²) in [5, 5.41) is 3.73. The van der Waals surface area contributed by atoms with Crippen molar-refractivity contribution in [3.63, 3.8) is 0 Å². The fraction of sp³-hybridized carbons (Fsp3) is 0.417. The summed E-state index contributed by atoms with van der Waals surface area (Å²) >= 11 is 0. The molecule has 0 bridgehead atoms. The monoisotopic (exact) mass is 243 g/mol. The van der Waals surface area contributed by atoms with Crippen molar-refractivity contribution < 1.29 is 18.0 Å². The van der Waals surface area contributed by atoms with Crippen molar-refractivity contribution in [2.75, 3.05) is 0 Å². The number of alkyl halides is 3. The lowest BCUT2D eigenvalue weighted by Gasteiger charge is -2.10. The molecule has 17 heavy (non-hydrogen) atoms. The Bertz CT molecular complexity index is 440. The minimum absolute atomic E-state index is 0.211. The van der Waals surface area contributed by atoms with Crippen LogP contribution < -0.4 is 0 Å². The lowest BCUT2D eigenvalue weighted by atomic mass is 10.0. The third-order valence-corrected chi connectivity index (χ3v) is 2.54. The summed E-state index contributed by atoms with van der Waals surface area (Å²) in [5.74, 6) is 0. The summed E-state index contributed by atoms with van der Waals surface area (Å²) in [5.41, 5.74) is 2.46. The maximum Gasteiger partial charge on any atom is 0.392 e. The van der Waals surface area contributed by atoms with Gasteiger partial charge in [0.2, 0.25) is 0 Å². The minimum atomic E-state index is -4.21. The fourth-order valence-electron chi connectivity index (χ4n) is 1.79. The third kappa shape index (κ3) is 3.22. The van der Waals surface area contributed by atoms with E-state index in [0.29, 0.717) is 5.71 Å². The van der Waals surface area contributed by atoms with Gasteiger partial charge in [-0.25, -0.2) is 0 Å². The van der Waals surface area contributed by atoms with E-state index in [1.165, 1.54) is 0 Å². The molecule has 1 aliphatic heterocycles. The van der Waals surface area contributed by atoms with Gasteiger partial charge in [0.1, 0.15) is 6.10 Å². The van der Waals surface area contributed by atoms with Crippen LogP contribution in [-0.2, 0) is 4.84 Å². The van der Waals surface area contributed by atoms with Gasteiger partial charge in [0.05, 0.1) is 12.1 Å². The predicted molar refractivity (Wildman–Crippen MR) is 57.9 cm³/mol. The van der Waals surface area contributed by atoms with Crippen molar-refractivity contribution in [3.8, 4) is 0 Å². The van der Waals surface area contributed by atoms with Gasteiger partial charge >= 0.3 is 6.18 Å². The molecule has 0 amide bonds. The van der Waals surface area contributed by atoms with E-state index in [9.17, 15) is 13.2 Å². The van der Waals surface area contributed by atoms with Gasteiger partial charge in [0, 0.05) is 6.42 Å². The molecule has 1 aromatic rings. The molecule has 1 unspecified atom stereocenters. The fourth-order valence-corrected chi connectivity index (χ4v) is 1.79. The molecular formula is C12H12F3NO. The largest absolute Gasteiger partial charge is 0.392 e. The average molecular weight is 243 g/mol. The van der Waals surface area contributed by atoms with Crippen LogP contribution >= 0.6 is 0 Å². The van der Waals surface area contributed by atoms with Gasteiger partial charge in [-0.2, -0.15) is 13.2 Å². The van der Waals surface area contributed by atoms with E-state index in [4.69, 9.17) is 4.84 Å². The van der Waals surface area contributed by atoms with E-state index < -0.39 is 18.7 Å². The molecule has 0 aromatic heterocycles. The standard InChI is InChI=1S/C12H12F3NO/c1-8-3-2-4-9(5-8)11-6-10(17-16-11)7-12(13,14)15/h2-5,10H,6-7H2,1H3. The van der Waals surface area contributed by atoms with Crippen molar-refractivity contribution in [2.24, 2.45) is 5.16 Å². The van der Waals surface area contributed by atoms with Gasteiger partial charge in [-0.1, -0.05) is 35.0 Å². The van der Waals surface area contributed by atoms with E-state index >= 15 is 0 Å². The van der Waals surface area contributed by atoms with Gasteiger partial charge < -0.3 is 4.84 Å². The minimum Gasteiger partial charge on any atom is -0.391 e. The average Bonchev–Trinajstić information content (AvgIpc) is 2.63. The zero-order valence-corrected chi connectivity index (χ0v) is 9.29. The van der Waals surface area contributed by atoms with Crippen molar-refractivity contribution in [2.45, 2.75) is 32.0 Å². The molecule has 5 heteroatoms. The first-order chi connectivity index (χ1) is 7.94. The number of aryl methyl sites for hydroxylation is 1. The molecular weight excluding hydrogens is 231 g/mol. The second-order valence-corrected chi connectivity index (χ2v) is 4.16. The number of hydrogen-bond acceptors (Lipinski definition) is 2. The van der Waals surface area contributed by atoms with Crippen LogP contribution in [0.25, 0.3) is 0 Å². The molecule has 92 valence electrons. The highest BCUT2D eigenvalue weighted by molar-refractivity contribution is 6.01. The maximum atomic E-state index is 12.2. The summed E-state index contributed by atoms with van der Waals surface area (Å²) in [4.78, 5) is 4.80. The van der Waals surface area contributed by atoms with Crippen LogP contribution in [0, 0.1) is 6.92 Å². The van der Waals surface area contributed by atoms with Crippen molar-refractivity contribution in [1.82, 2.24) is 0 Å². The summed E-state index contributed by atoms with van der Waals surface area (Å²) in [7, 11) is 0. The first-order valence-corrected chi connectivity index (χ1v) is 5.30. The van der Waals surface area contributed by atoms with Gasteiger partial charge in [-0.05, 0) is 12.5 Å². The molecule has 2 rings (SSSR count). The number of halogens is 3. The lowest BCUT2D eigenvalue weighted by molar-refractivity contribution is -0.157. The molecule has 0 saturated carbocycles. The summed E-state index contributed by atoms with van der Waals surface area (Å²) < 4.78 is 36.5. The van der Waals surface area contributed by atoms with Crippen LogP contribution in [0.4, 0.5) is 13.2 Å². The predicted octanol–water partition coefficient (Wildman–Crippen LogP) is 3.44. The Kier molecular flexibility index (Phi) is 3.09. The zero-order valence-electron chi connectivity index (χ0n) is 9.29. The van der Waals surface area contributed by atoms with Gasteiger partial charge in [-0.3, -0.25) is 0 Å². The van der Waals surface area contributed by atoms with Crippen LogP contribution in [0.1, 0.15) is 24.0 Å². The SMILES string of the molecule is Cc1cccc(C2=NOC(CC(F)(F)F)C2)c1. The Balaban J connectivity index is 2.03. The highest BCUT2D eigenvalue weighted by Gasteiger charge is 2.36. The number of nitrogens with zero attached hydrogens (tertiary/aromatic N) is 1. The Morgan fingerprint density at radius 2 is 2.18 bits per heavy atom. The van der Waals surface area contributed by atoms with Gasteiger partial charge in [0.15, 0.2) is 0 Å². The topological polar surface area (TPSA) is 21.6 Å². The van der Waals surface area contributed by atoms with E-state index in [1.54, 1.807) is 0 Å². The van der Waals surface area contributed by atoms with Crippen molar-refractivity contribution >= 4 is 5.71 Å². The number of hydrogen-bond donors (Lipinski definition) is 0. The number of rotatable bonds is 2. The first-order valence-electron chi connectivity index (χ1n) is 5.30. The highest BCUT2D eigenvalue weighted by Crippen LogP contribution is 2.28. The molecule has 0 aliphatic carbocycles. The maximum absolute atomic E-state index is 12.2. The van der Waals surface area contributed by atoms with Crippen LogP contribution in [-0.4, -0.2) is 18.0 Å². The van der Waals surface area contributed by atoms with E-state index in [0.717, 1.165) is 11.1 Å². The second kappa shape index (κ2) is 4.39. The summed E-state index contributed by atoms with van der Waals surface area (Å²) in [6, 6.07) is 7.49. The Labute approximate surface area is 97.1 Å². The second-order valence-electron chi connectivity index (χ2n) is 4.16. The van der Waals surface area contributed by atoms with E-state index in [-0.39, 0.29) is 6.42 Å². The van der Waals surface area contributed by atoms with Gasteiger partial charge in [-0.15, -0.1) is 0 Å². The van der Waals surface area contributed by atoms with Crippen LogP contribution in [0.15, 0.2) is 29.4 Å². The Morgan fingerprint density at radius 1 is 1.41 bits per heavy atom. The lowest BCUT2D eigenvalue weighted by Crippen LogP contribution is -2.19. The summed E-state index contributed by atoms with van der Waals surface area (Å²) in [6.45, 7) is 1.92. The van der Waals surface area contributed by atoms with E-state index in [2.05, 4.69) is 5.16 Å². The third-order valence-electron chi connectivity index (χ3n) is 2.54. The molecule has 0 N–H and O–H groups in total. The Hall–Kier alpha value is -1.52. The Morgan fingerprint density at radius 3 is 2.82 bits per heavy atom. The number of benzene rings is 1. The molecule has 1 aromatic carbocycles. The van der Waals surface area contributed by atoms with Crippen LogP contribution in [0.3, 0.4) is 0 Å². The molecule has 0 radical (unpaired) electrons. The van der Waals surface area contributed by atoms with Crippen molar-refractivity contribution in [3.05, 3.63) is 35.4 Å². The molecule has 2 nitrogen and oxygen atoms in total. The smallest absolute Gasteiger partial charge is 0.391 e. The molecule has 0 spiro atoms. The molecule has 1 aliphatic rings. The molecule has 1 atom stereocenters. The zero-order chi connectivity index (χ0) is 12.5. The molecule has 0 saturated heterocycles. The summed E-state index contributed by atoms with van der Waals surface area (Å²) in [6.07, 6.45) is -5.83. The molecule has 1 heterocycles. The number of oxime groups is 1. The molecule has 0 fully saturated rings. The van der Waals surface area contributed by atoms with Crippen LogP contribution in [0.5, 0.6) is 0 Å². The highest BCUT2D eigenvalue weighted by atomic mass is 19.4. The van der Waals surface area contributed by atoms with Crippen LogP contribution in [0.2, 0.25) is 0 Å². The normalized spacial score (nSPS) is 20.0. The van der Waals surface area contributed by atoms with E-state index in [1.807, 2.05) is 31.2 Å². The van der Waals surface area contributed by atoms with Crippen molar-refractivity contribution in [1.29, 1.82) is 0 Å². The quantitative estimate of drug-likeness (QED) is 0.779. The van der Waals surface area contributed by atoms with Gasteiger partial charge in [0.25, 0.3) is 0 Å².